The number of carbonyl (C=O) groups is 2. The molecule has 0 atom stereocenters. The van der Waals surface area contributed by atoms with Gasteiger partial charge >= 0.3 is 0 Å². The van der Waals surface area contributed by atoms with E-state index in [2.05, 4.69) is 14.9 Å². The van der Waals surface area contributed by atoms with E-state index in [-0.39, 0.29) is 23.3 Å². The average molecular weight is 331 g/mol. The zero-order valence-corrected chi connectivity index (χ0v) is 13.1. The molecule has 0 aliphatic carbocycles. The van der Waals surface area contributed by atoms with Crippen LogP contribution in [0.4, 0.5) is 5.82 Å². The van der Waals surface area contributed by atoms with Crippen LogP contribution in [0, 0.1) is 0 Å². The third-order valence-electron chi connectivity index (χ3n) is 3.91. The smallest absolute Gasteiger partial charge is 0.280 e. The van der Waals surface area contributed by atoms with Crippen molar-refractivity contribution in [3.63, 3.8) is 0 Å². The molecule has 0 spiro atoms. The summed E-state index contributed by atoms with van der Waals surface area (Å²) in [6.07, 6.45) is 0. The fraction of sp³-hybridized carbons (Fsp3) is 0.333. The van der Waals surface area contributed by atoms with E-state index >= 15 is 0 Å². The number of piperazine rings is 1. The predicted molar refractivity (Wildman–Crippen MR) is 83.5 cm³/mol. The molecule has 1 aromatic heterocycles. The van der Waals surface area contributed by atoms with E-state index in [1.165, 1.54) is 0 Å². The van der Waals surface area contributed by atoms with Gasteiger partial charge in [0.05, 0.1) is 7.11 Å². The molecule has 24 heavy (non-hydrogen) atoms. The fourth-order valence-electron chi connectivity index (χ4n) is 2.52. The summed E-state index contributed by atoms with van der Waals surface area (Å²) in [5, 5.41) is 6.91. The summed E-state index contributed by atoms with van der Waals surface area (Å²) < 4.78 is 9.53. The second-order valence-electron chi connectivity index (χ2n) is 5.31. The highest BCUT2D eigenvalue weighted by molar-refractivity contribution is 5.97. The van der Waals surface area contributed by atoms with Gasteiger partial charge in [-0.25, -0.2) is 4.63 Å². The van der Waals surface area contributed by atoms with Gasteiger partial charge in [-0.2, -0.15) is 0 Å². The lowest BCUT2D eigenvalue weighted by molar-refractivity contribution is 0.0530. The summed E-state index contributed by atoms with van der Waals surface area (Å²) in [6.45, 7) is 1.66. The summed E-state index contributed by atoms with van der Waals surface area (Å²) in [5.74, 6) is 0.246. The van der Waals surface area contributed by atoms with Gasteiger partial charge in [0, 0.05) is 31.7 Å². The Balaban J connectivity index is 1.61. The van der Waals surface area contributed by atoms with E-state index in [0.717, 1.165) is 0 Å². The van der Waals surface area contributed by atoms with Gasteiger partial charge in [-0.05, 0) is 34.6 Å². The first kappa shape index (κ1) is 15.8. The van der Waals surface area contributed by atoms with E-state index in [1.54, 1.807) is 41.2 Å². The van der Waals surface area contributed by atoms with Crippen LogP contribution in [0.25, 0.3) is 0 Å². The molecule has 0 unspecified atom stereocenters. The zero-order valence-electron chi connectivity index (χ0n) is 13.1. The van der Waals surface area contributed by atoms with Gasteiger partial charge in [-0.3, -0.25) is 9.59 Å². The molecule has 2 N–H and O–H groups in total. The van der Waals surface area contributed by atoms with Crippen molar-refractivity contribution in [2.45, 2.75) is 0 Å². The van der Waals surface area contributed by atoms with Crippen LogP contribution in [-0.4, -0.2) is 65.2 Å². The van der Waals surface area contributed by atoms with Crippen molar-refractivity contribution in [3.05, 3.63) is 35.5 Å². The Kier molecular flexibility index (Phi) is 4.32. The minimum Gasteiger partial charge on any atom is -0.497 e. The Morgan fingerprint density at radius 3 is 2.12 bits per heavy atom. The number of nitrogen functional groups attached to an aromatic ring is 1. The summed E-state index contributed by atoms with van der Waals surface area (Å²) in [7, 11) is 1.57. The van der Waals surface area contributed by atoms with Gasteiger partial charge in [-0.15, -0.1) is 0 Å². The van der Waals surface area contributed by atoms with Crippen LogP contribution in [-0.2, 0) is 0 Å². The Hall–Kier alpha value is -3.10. The van der Waals surface area contributed by atoms with E-state index in [0.29, 0.717) is 37.5 Å². The SMILES string of the molecule is COc1ccc(C(=O)N2CCN(C(=O)c3nonc3N)CC2)cc1. The number of hydrogen-bond donors (Lipinski definition) is 1. The minimum absolute atomic E-state index is 0.00457. The Labute approximate surface area is 137 Å². The highest BCUT2D eigenvalue weighted by Gasteiger charge is 2.28. The number of nitrogens with zero attached hydrogens (tertiary/aromatic N) is 4. The molecule has 9 heteroatoms. The standard InChI is InChI=1S/C15H17N5O4/c1-23-11-4-2-10(3-5-11)14(21)19-6-8-20(9-7-19)15(22)12-13(16)18-24-17-12/h2-5H,6-9H2,1H3,(H2,16,18). The Morgan fingerprint density at radius 2 is 1.62 bits per heavy atom. The number of anilines is 1. The quantitative estimate of drug-likeness (QED) is 0.857. The van der Waals surface area contributed by atoms with Crippen LogP contribution in [0.15, 0.2) is 28.9 Å². The first-order valence-electron chi connectivity index (χ1n) is 7.41. The summed E-state index contributed by atoms with van der Waals surface area (Å²) >= 11 is 0. The number of ether oxygens (including phenoxy) is 1. The van der Waals surface area contributed by atoms with Crippen LogP contribution in [0.1, 0.15) is 20.8 Å². The van der Waals surface area contributed by atoms with Gasteiger partial charge in [0.25, 0.3) is 11.8 Å². The Morgan fingerprint density at radius 1 is 1.04 bits per heavy atom. The van der Waals surface area contributed by atoms with Crippen molar-refractivity contribution in [3.8, 4) is 5.75 Å². The number of rotatable bonds is 3. The molecule has 2 heterocycles. The summed E-state index contributed by atoms with van der Waals surface area (Å²) in [4.78, 5) is 28.0. The molecular weight excluding hydrogens is 314 g/mol. The molecule has 1 aromatic carbocycles. The molecule has 3 rings (SSSR count). The van der Waals surface area contributed by atoms with Crippen molar-refractivity contribution >= 4 is 17.6 Å². The first-order valence-corrected chi connectivity index (χ1v) is 7.41. The normalized spacial score (nSPS) is 14.5. The van der Waals surface area contributed by atoms with Gasteiger partial charge in [0.15, 0.2) is 0 Å². The molecule has 1 fully saturated rings. The van der Waals surface area contributed by atoms with Crippen LogP contribution in [0.2, 0.25) is 0 Å². The van der Waals surface area contributed by atoms with E-state index < -0.39 is 0 Å². The van der Waals surface area contributed by atoms with Crippen molar-refractivity contribution in [2.24, 2.45) is 0 Å². The zero-order chi connectivity index (χ0) is 17.1. The van der Waals surface area contributed by atoms with Crippen molar-refractivity contribution in [1.29, 1.82) is 0 Å². The highest BCUT2D eigenvalue weighted by Crippen LogP contribution is 2.16. The van der Waals surface area contributed by atoms with Gasteiger partial charge in [-0.1, -0.05) is 0 Å². The monoisotopic (exact) mass is 331 g/mol. The lowest BCUT2D eigenvalue weighted by Gasteiger charge is -2.34. The molecular formula is C15H17N5O4. The number of nitrogens with two attached hydrogens (primary N) is 1. The van der Waals surface area contributed by atoms with Crippen LogP contribution in [0.5, 0.6) is 5.75 Å². The van der Waals surface area contributed by atoms with E-state index in [1.807, 2.05) is 0 Å². The lowest BCUT2D eigenvalue weighted by atomic mass is 10.1. The maximum atomic E-state index is 12.5. The predicted octanol–water partition coefficient (Wildman–Crippen LogP) is 0.259. The van der Waals surface area contributed by atoms with Crippen molar-refractivity contribution < 1.29 is 19.0 Å². The summed E-state index contributed by atoms with van der Waals surface area (Å²) in [6, 6.07) is 6.93. The lowest BCUT2D eigenvalue weighted by Crippen LogP contribution is -2.50. The second kappa shape index (κ2) is 6.57. The molecule has 1 aliphatic rings. The van der Waals surface area contributed by atoms with E-state index in [4.69, 9.17) is 10.5 Å². The molecule has 1 saturated heterocycles. The third-order valence-corrected chi connectivity index (χ3v) is 3.91. The van der Waals surface area contributed by atoms with Crippen molar-refractivity contribution in [2.75, 3.05) is 39.0 Å². The largest absolute Gasteiger partial charge is 0.497 e. The van der Waals surface area contributed by atoms with Gasteiger partial charge in [0.1, 0.15) is 5.75 Å². The number of hydrogen-bond acceptors (Lipinski definition) is 7. The molecule has 2 aromatic rings. The minimum atomic E-state index is -0.342. The maximum absolute atomic E-state index is 12.5. The third kappa shape index (κ3) is 3.00. The Bertz CT molecular complexity index is 735. The van der Waals surface area contributed by atoms with Crippen LogP contribution in [0.3, 0.4) is 0 Å². The highest BCUT2D eigenvalue weighted by atomic mass is 16.6. The molecule has 9 nitrogen and oxygen atoms in total. The molecule has 0 bridgehead atoms. The van der Waals surface area contributed by atoms with Crippen molar-refractivity contribution in [1.82, 2.24) is 20.1 Å². The van der Waals surface area contributed by atoms with E-state index in [9.17, 15) is 9.59 Å². The van der Waals surface area contributed by atoms with Gasteiger partial charge in [0.2, 0.25) is 11.5 Å². The number of benzene rings is 1. The summed E-state index contributed by atoms with van der Waals surface area (Å²) in [5.41, 5.74) is 6.12. The number of aromatic nitrogens is 2. The number of methoxy groups -OCH3 is 1. The molecule has 0 saturated carbocycles. The number of carbonyl (C=O) groups excluding carboxylic acids is 2. The number of amides is 2. The average Bonchev–Trinajstić information content (AvgIpc) is 3.06. The van der Waals surface area contributed by atoms with Crippen LogP contribution < -0.4 is 10.5 Å². The van der Waals surface area contributed by atoms with Gasteiger partial charge < -0.3 is 20.3 Å². The molecule has 126 valence electrons. The first-order chi connectivity index (χ1) is 11.6. The topological polar surface area (TPSA) is 115 Å². The van der Waals surface area contributed by atoms with Crippen LogP contribution >= 0.6 is 0 Å². The molecule has 2 amide bonds. The fourth-order valence-corrected chi connectivity index (χ4v) is 2.52. The molecule has 0 radical (unpaired) electrons. The maximum Gasteiger partial charge on any atom is 0.280 e. The second-order valence-corrected chi connectivity index (χ2v) is 5.31. The molecule has 1 aliphatic heterocycles.